The van der Waals surface area contributed by atoms with Crippen LogP contribution in [-0.2, 0) is 4.79 Å². The van der Waals surface area contributed by atoms with Gasteiger partial charge in [-0.1, -0.05) is 12.1 Å². The van der Waals surface area contributed by atoms with Crippen molar-refractivity contribution in [3.05, 3.63) is 54.1 Å². The number of nitrogens with one attached hydrogen (secondary N) is 2. The van der Waals surface area contributed by atoms with Crippen LogP contribution in [0.25, 0.3) is 0 Å². The van der Waals surface area contributed by atoms with Crippen LogP contribution < -0.4 is 15.4 Å². The van der Waals surface area contributed by atoms with Gasteiger partial charge in [-0.3, -0.25) is 9.79 Å². The maximum absolute atomic E-state index is 13.4. The van der Waals surface area contributed by atoms with E-state index in [1.165, 1.54) is 6.07 Å². The summed E-state index contributed by atoms with van der Waals surface area (Å²) < 4.78 is 32.0. The van der Waals surface area contributed by atoms with Gasteiger partial charge in [0.25, 0.3) is 5.91 Å². The first kappa shape index (κ1) is 22.0. The van der Waals surface area contributed by atoms with E-state index in [1.54, 1.807) is 4.90 Å². The van der Waals surface area contributed by atoms with Crippen molar-refractivity contribution in [1.82, 2.24) is 4.90 Å². The molecule has 2 aromatic carbocycles. The van der Waals surface area contributed by atoms with Gasteiger partial charge in [0.15, 0.2) is 18.2 Å². The van der Waals surface area contributed by atoms with Crippen LogP contribution in [0.5, 0.6) is 5.75 Å². The number of nitrogens with zero attached hydrogens (tertiary/aromatic N) is 2. The number of benzene rings is 2. The van der Waals surface area contributed by atoms with Crippen LogP contribution in [0.1, 0.15) is 33.6 Å². The fourth-order valence-electron chi connectivity index (χ4n) is 4.10. The molecular formula is C24H28F2N4O2. The second-order valence-corrected chi connectivity index (χ2v) is 9.29. The SMILES string of the molecule is CC(C)(C)N=C1Nc2ccccc2NC12CCCN(C(=O)COc1ccc(F)c(F)c1)C2. The maximum atomic E-state index is 13.4. The number of amides is 1. The van der Waals surface area contributed by atoms with Gasteiger partial charge in [0.1, 0.15) is 17.1 Å². The molecule has 32 heavy (non-hydrogen) atoms. The lowest BCUT2D eigenvalue weighted by Gasteiger charge is -2.47. The lowest BCUT2D eigenvalue weighted by Crippen LogP contribution is -2.63. The van der Waals surface area contributed by atoms with Gasteiger partial charge < -0.3 is 20.3 Å². The molecule has 2 N–H and O–H groups in total. The lowest BCUT2D eigenvalue weighted by atomic mass is 9.84. The van der Waals surface area contributed by atoms with Crippen LogP contribution in [0.2, 0.25) is 0 Å². The summed E-state index contributed by atoms with van der Waals surface area (Å²) in [6.45, 7) is 6.87. The summed E-state index contributed by atoms with van der Waals surface area (Å²) in [5.41, 5.74) is 1.07. The van der Waals surface area contributed by atoms with Gasteiger partial charge in [-0.25, -0.2) is 8.78 Å². The highest BCUT2D eigenvalue weighted by Crippen LogP contribution is 2.37. The minimum Gasteiger partial charge on any atom is -0.484 e. The van der Waals surface area contributed by atoms with E-state index in [0.717, 1.165) is 42.2 Å². The van der Waals surface area contributed by atoms with Crippen molar-refractivity contribution in [3.63, 3.8) is 0 Å². The van der Waals surface area contributed by atoms with Crippen molar-refractivity contribution in [3.8, 4) is 5.75 Å². The minimum atomic E-state index is -1.01. The first-order chi connectivity index (χ1) is 15.2. The molecule has 1 atom stereocenters. The fourth-order valence-corrected chi connectivity index (χ4v) is 4.10. The molecule has 1 amide bonds. The summed E-state index contributed by atoms with van der Waals surface area (Å²) in [4.78, 5) is 19.6. The molecule has 2 aromatic rings. The Hall–Kier alpha value is -3.16. The van der Waals surface area contributed by atoms with Crippen LogP contribution in [0.15, 0.2) is 47.5 Å². The molecule has 170 valence electrons. The Morgan fingerprint density at radius 3 is 2.62 bits per heavy atom. The van der Waals surface area contributed by atoms with Crippen molar-refractivity contribution < 1.29 is 18.3 Å². The normalized spacial score (nSPS) is 21.7. The standard InChI is InChI=1S/C24H28F2N4O2/c1-23(2,3)29-22-24(28-20-8-5-4-7-19(20)27-22)11-6-12-30(15-24)21(31)14-32-16-9-10-17(25)18(26)13-16/h4-5,7-10,13,28H,6,11-12,14-15H2,1-3H3,(H,27,29). The van der Waals surface area contributed by atoms with Crippen molar-refractivity contribution in [1.29, 1.82) is 0 Å². The van der Waals surface area contributed by atoms with Crippen molar-refractivity contribution in [2.24, 2.45) is 4.99 Å². The largest absolute Gasteiger partial charge is 0.484 e. The van der Waals surface area contributed by atoms with E-state index in [9.17, 15) is 13.6 Å². The number of anilines is 2. The Morgan fingerprint density at radius 1 is 1.16 bits per heavy atom. The van der Waals surface area contributed by atoms with Gasteiger partial charge >= 0.3 is 0 Å². The number of hydrogen-bond donors (Lipinski definition) is 2. The van der Waals surface area contributed by atoms with Gasteiger partial charge in [-0.15, -0.1) is 0 Å². The molecule has 1 fully saturated rings. The number of piperidine rings is 1. The van der Waals surface area contributed by atoms with Crippen LogP contribution in [0, 0.1) is 11.6 Å². The highest BCUT2D eigenvalue weighted by molar-refractivity contribution is 6.10. The van der Waals surface area contributed by atoms with Crippen molar-refractivity contribution >= 4 is 23.1 Å². The molecule has 0 saturated carbocycles. The molecule has 1 spiro atoms. The van der Waals surface area contributed by atoms with Gasteiger partial charge in [0.05, 0.1) is 23.5 Å². The number of likely N-dealkylation sites (tertiary alicyclic amines) is 1. The molecule has 8 heteroatoms. The summed E-state index contributed by atoms with van der Waals surface area (Å²) >= 11 is 0. The van der Waals surface area contributed by atoms with Crippen LogP contribution in [0.4, 0.5) is 20.2 Å². The number of halogens is 2. The Kier molecular flexibility index (Phi) is 5.79. The maximum Gasteiger partial charge on any atom is 0.260 e. The van der Waals surface area contributed by atoms with Crippen molar-refractivity contribution in [2.45, 2.75) is 44.7 Å². The third kappa shape index (κ3) is 4.69. The third-order valence-electron chi connectivity index (χ3n) is 5.55. The smallest absolute Gasteiger partial charge is 0.260 e. The molecule has 2 aliphatic rings. The number of carbonyl (C=O) groups excluding carboxylic acids is 1. The average Bonchev–Trinajstić information content (AvgIpc) is 2.74. The number of rotatable bonds is 3. The fraction of sp³-hybridized carbons (Fsp3) is 0.417. The molecule has 1 unspecified atom stereocenters. The van der Waals surface area contributed by atoms with Gasteiger partial charge in [-0.2, -0.15) is 0 Å². The molecule has 4 rings (SSSR count). The number of carbonyl (C=O) groups is 1. The predicted molar refractivity (Wildman–Crippen MR) is 121 cm³/mol. The number of amidine groups is 1. The third-order valence-corrected chi connectivity index (χ3v) is 5.55. The second kappa shape index (κ2) is 8.41. The molecule has 1 saturated heterocycles. The minimum absolute atomic E-state index is 0.116. The van der Waals surface area contributed by atoms with E-state index < -0.39 is 17.2 Å². The number of aliphatic imine (C=N–C) groups is 1. The highest BCUT2D eigenvalue weighted by Gasteiger charge is 2.45. The number of hydrogen-bond acceptors (Lipinski definition) is 4. The summed E-state index contributed by atoms with van der Waals surface area (Å²) in [6, 6.07) is 11.2. The highest BCUT2D eigenvalue weighted by atomic mass is 19.2. The molecule has 2 aliphatic heterocycles. The zero-order chi connectivity index (χ0) is 22.9. The Bertz CT molecular complexity index is 1050. The quantitative estimate of drug-likeness (QED) is 0.738. The van der Waals surface area contributed by atoms with Crippen LogP contribution >= 0.6 is 0 Å². The second-order valence-electron chi connectivity index (χ2n) is 9.29. The topological polar surface area (TPSA) is 66.0 Å². The average molecular weight is 443 g/mol. The molecule has 6 nitrogen and oxygen atoms in total. The predicted octanol–water partition coefficient (Wildman–Crippen LogP) is 4.44. The van der Waals surface area contributed by atoms with E-state index in [2.05, 4.69) is 10.6 Å². The summed E-state index contributed by atoms with van der Waals surface area (Å²) in [7, 11) is 0. The van der Waals surface area contributed by atoms with Gasteiger partial charge in [-0.05, 0) is 57.9 Å². The van der Waals surface area contributed by atoms with Gasteiger partial charge in [0, 0.05) is 12.6 Å². The molecule has 0 bridgehead atoms. The van der Waals surface area contributed by atoms with E-state index in [0.29, 0.717) is 13.1 Å². The summed E-state index contributed by atoms with van der Waals surface area (Å²) in [5.74, 6) is -1.26. The molecule has 0 aliphatic carbocycles. The van der Waals surface area contributed by atoms with E-state index in [-0.39, 0.29) is 23.8 Å². The van der Waals surface area contributed by atoms with E-state index in [1.807, 2.05) is 45.0 Å². The molecular weight excluding hydrogens is 414 g/mol. The Labute approximate surface area is 186 Å². The molecule has 0 aromatic heterocycles. The molecule has 2 heterocycles. The number of fused-ring (bicyclic) bond motifs is 1. The van der Waals surface area contributed by atoms with Gasteiger partial charge in [0.2, 0.25) is 0 Å². The summed E-state index contributed by atoms with van der Waals surface area (Å²) in [6.07, 6.45) is 1.61. The number of ether oxygens (including phenoxy) is 1. The van der Waals surface area contributed by atoms with E-state index >= 15 is 0 Å². The van der Waals surface area contributed by atoms with Crippen molar-refractivity contribution in [2.75, 3.05) is 30.3 Å². The lowest BCUT2D eigenvalue weighted by molar-refractivity contribution is -0.134. The number of para-hydroxylation sites is 2. The first-order valence-corrected chi connectivity index (χ1v) is 10.8. The van der Waals surface area contributed by atoms with Crippen LogP contribution in [-0.4, -0.2) is 47.4 Å². The zero-order valence-electron chi connectivity index (χ0n) is 18.5. The van der Waals surface area contributed by atoms with E-state index in [4.69, 9.17) is 9.73 Å². The summed E-state index contributed by atoms with van der Waals surface area (Å²) in [5, 5.41) is 7.12. The first-order valence-electron chi connectivity index (χ1n) is 10.8. The molecule has 0 radical (unpaired) electrons. The Morgan fingerprint density at radius 2 is 1.91 bits per heavy atom. The Balaban J connectivity index is 1.54. The van der Waals surface area contributed by atoms with Crippen LogP contribution in [0.3, 0.4) is 0 Å². The monoisotopic (exact) mass is 442 g/mol. The zero-order valence-corrected chi connectivity index (χ0v) is 18.5.